The number of rotatable bonds is 13. The van der Waals surface area contributed by atoms with Crippen molar-refractivity contribution in [1.29, 1.82) is 0 Å². The van der Waals surface area contributed by atoms with Crippen LogP contribution < -0.4 is 5.32 Å². The van der Waals surface area contributed by atoms with Crippen LogP contribution in [0.2, 0.25) is 0 Å². The Labute approximate surface area is 149 Å². The van der Waals surface area contributed by atoms with Gasteiger partial charge >= 0.3 is 23.9 Å². The van der Waals surface area contributed by atoms with Crippen LogP contribution in [0.1, 0.15) is 12.8 Å². The summed E-state index contributed by atoms with van der Waals surface area (Å²) in [7, 11) is 0. The molecule has 0 heterocycles. The summed E-state index contributed by atoms with van der Waals surface area (Å²) in [4.78, 5) is 42.6. The summed E-state index contributed by atoms with van der Waals surface area (Å²) in [5, 5.41) is 46.8. The summed E-state index contributed by atoms with van der Waals surface area (Å²) in [6, 6.07) is 0. The van der Waals surface area contributed by atoms with Gasteiger partial charge in [0, 0.05) is 12.1 Å². The van der Waals surface area contributed by atoms with Crippen LogP contribution in [0.5, 0.6) is 0 Å². The van der Waals surface area contributed by atoms with Crippen LogP contribution in [0.4, 0.5) is 0 Å². The number of nitrogens with zero attached hydrogens (tertiary/aromatic N) is 2. The average Bonchev–Trinajstić information content (AvgIpc) is 3.27. The van der Waals surface area contributed by atoms with Gasteiger partial charge in [-0.1, -0.05) is 0 Å². The Bertz CT molecular complexity index is 476. The maximum Gasteiger partial charge on any atom is 0.329 e. The van der Waals surface area contributed by atoms with Gasteiger partial charge in [0.05, 0.1) is 26.3 Å². The molecule has 0 unspecified atom stereocenters. The Morgan fingerprint density at radius 2 is 1.46 bits per heavy atom. The highest BCUT2D eigenvalue weighted by molar-refractivity contribution is 5.73. The van der Waals surface area contributed by atoms with Crippen LogP contribution in [-0.4, -0.2) is 101 Å². The normalized spacial score (nSPS) is 14.2. The van der Waals surface area contributed by atoms with Crippen LogP contribution in [0.25, 0.3) is 0 Å². The largest absolute Gasteiger partial charge is 0.480 e. The lowest BCUT2D eigenvalue weighted by atomic mass is 10.2. The standard InChI is InChI=1S/C10H15NO7.C4H7NO3/c12-7(13)3-11(4-8(14)15)10(1-2-10)6-18-5-9(16)17;6-2-1-5-3-4(7)8/h1-6H2,(H,12,13)(H,14,15)(H,16,17);1-3H2,(H,7,8). The van der Waals surface area contributed by atoms with Gasteiger partial charge in [0.2, 0.25) is 0 Å². The third-order valence-electron chi connectivity index (χ3n) is 3.24. The Hall–Kier alpha value is -2.28. The zero-order valence-electron chi connectivity index (χ0n) is 14.0. The molecule has 1 aliphatic rings. The van der Waals surface area contributed by atoms with Gasteiger partial charge in [-0.25, -0.2) is 15.2 Å². The van der Waals surface area contributed by atoms with E-state index in [1.54, 1.807) is 0 Å². The predicted octanol–water partition coefficient (Wildman–Crippen LogP) is -1.80. The summed E-state index contributed by atoms with van der Waals surface area (Å²) in [6.45, 7) is -1.72. The van der Waals surface area contributed by atoms with Gasteiger partial charge in [0.1, 0.15) is 13.2 Å². The molecular formula is C14H22N2O10. The number of hydrogen-bond acceptors (Lipinski definition) is 6. The van der Waals surface area contributed by atoms with Gasteiger partial charge in [-0.3, -0.25) is 19.3 Å². The van der Waals surface area contributed by atoms with E-state index in [2.05, 4.69) is 5.32 Å². The maximum atomic E-state index is 10.7. The first-order valence-corrected chi connectivity index (χ1v) is 7.54. The first-order valence-electron chi connectivity index (χ1n) is 7.54. The molecule has 1 aliphatic carbocycles. The summed E-state index contributed by atoms with van der Waals surface area (Å²) in [5.41, 5.74) is -0.647. The van der Waals surface area contributed by atoms with Gasteiger partial charge in [-0.05, 0) is 12.8 Å². The highest BCUT2D eigenvalue weighted by Gasteiger charge is 2.49. The highest BCUT2D eigenvalue weighted by Crippen LogP contribution is 2.41. The fourth-order valence-corrected chi connectivity index (χ4v) is 1.98. The van der Waals surface area contributed by atoms with Gasteiger partial charge in [0.25, 0.3) is 0 Å². The number of hydrogen-bond donors (Lipinski definition) is 4. The topological polar surface area (TPSA) is 196 Å². The fourth-order valence-electron chi connectivity index (χ4n) is 1.98. The van der Waals surface area contributed by atoms with Crippen molar-refractivity contribution < 1.29 is 49.4 Å². The lowest BCUT2D eigenvalue weighted by Gasteiger charge is -2.28. The fraction of sp³-hybridized carbons (Fsp3) is 0.714. The van der Waals surface area contributed by atoms with E-state index in [1.165, 1.54) is 4.90 Å². The molecule has 148 valence electrons. The molecule has 0 aliphatic heterocycles. The SMILES string of the molecule is O=C(O)COCC1(N(CC(=O)O)CC(=O)O)CC1.[O]CC[N]CC(=O)O. The molecule has 1 rings (SSSR count). The molecule has 12 heteroatoms. The van der Waals surface area contributed by atoms with Crippen LogP contribution in [0.3, 0.4) is 0 Å². The van der Waals surface area contributed by atoms with Crippen molar-refractivity contribution >= 4 is 23.9 Å². The maximum absolute atomic E-state index is 10.7. The minimum atomic E-state index is -1.12. The summed E-state index contributed by atoms with van der Waals surface area (Å²) >= 11 is 0. The number of carboxylic acids is 4. The number of aliphatic carboxylic acids is 4. The lowest BCUT2D eigenvalue weighted by Crippen LogP contribution is -2.46. The molecule has 0 aromatic heterocycles. The molecule has 0 atom stereocenters. The first-order chi connectivity index (χ1) is 12.1. The molecular weight excluding hydrogens is 356 g/mol. The highest BCUT2D eigenvalue weighted by atomic mass is 16.5. The smallest absolute Gasteiger partial charge is 0.329 e. The van der Waals surface area contributed by atoms with E-state index in [0.29, 0.717) is 12.8 Å². The summed E-state index contributed by atoms with van der Waals surface area (Å²) < 4.78 is 4.94. The van der Waals surface area contributed by atoms with E-state index in [0.717, 1.165) is 0 Å². The molecule has 0 spiro atoms. The second kappa shape index (κ2) is 12.1. The quantitative estimate of drug-likeness (QED) is 0.265. The molecule has 0 amide bonds. The monoisotopic (exact) mass is 378 g/mol. The zero-order valence-corrected chi connectivity index (χ0v) is 14.0. The molecule has 12 nitrogen and oxygen atoms in total. The van der Waals surface area contributed by atoms with Crippen molar-refractivity contribution in [2.45, 2.75) is 18.4 Å². The van der Waals surface area contributed by atoms with Crippen molar-refractivity contribution in [3.05, 3.63) is 0 Å². The zero-order chi connectivity index (χ0) is 20.2. The van der Waals surface area contributed by atoms with Gasteiger partial charge in [-0.15, -0.1) is 0 Å². The van der Waals surface area contributed by atoms with E-state index < -0.39 is 49.1 Å². The molecule has 0 aromatic carbocycles. The first kappa shape index (κ1) is 23.7. The van der Waals surface area contributed by atoms with Crippen molar-refractivity contribution in [3.63, 3.8) is 0 Å². The second-order valence-electron chi connectivity index (χ2n) is 5.46. The molecule has 0 aromatic rings. The third kappa shape index (κ3) is 11.3. The molecule has 2 radical (unpaired) electrons. The van der Waals surface area contributed by atoms with E-state index in [-0.39, 0.29) is 26.3 Å². The number of carbonyl (C=O) groups is 4. The Morgan fingerprint density at radius 1 is 0.923 bits per heavy atom. The van der Waals surface area contributed by atoms with Crippen LogP contribution in [-0.2, 0) is 29.0 Å². The van der Waals surface area contributed by atoms with Crippen LogP contribution in [0.15, 0.2) is 0 Å². The Balaban J connectivity index is 0.000000660. The molecule has 26 heavy (non-hydrogen) atoms. The predicted molar refractivity (Wildman–Crippen MR) is 82.3 cm³/mol. The van der Waals surface area contributed by atoms with E-state index in [9.17, 15) is 24.3 Å². The molecule has 1 saturated carbocycles. The molecule has 1 fully saturated rings. The van der Waals surface area contributed by atoms with Crippen molar-refractivity contribution in [1.82, 2.24) is 10.2 Å². The number of ether oxygens (including phenoxy) is 1. The van der Waals surface area contributed by atoms with Crippen LogP contribution >= 0.6 is 0 Å². The van der Waals surface area contributed by atoms with Crippen molar-refractivity contribution in [2.75, 3.05) is 46.0 Å². The van der Waals surface area contributed by atoms with Crippen molar-refractivity contribution in [2.24, 2.45) is 0 Å². The summed E-state index contributed by atoms with van der Waals surface area (Å²) in [6.07, 6.45) is 1.21. The Kier molecular flexibility index (Phi) is 11.1. The van der Waals surface area contributed by atoms with Crippen molar-refractivity contribution in [3.8, 4) is 0 Å². The van der Waals surface area contributed by atoms with Crippen LogP contribution in [0, 0.1) is 0 Å². The molecule has 0 saturated heterocycles. The third-order valence-corrected chi connectivity index (χ3v) is 3.24. The minimum absolute atomic E-state index is 0.0276. The Morgan fingerprint density at radius 3 is 1.81 bits per heavy atom. The number of carboxylic acid groups (broad SMARTS) is 4. The summed E-state index contributed by atoms with van der Waals surface area (Å²) in [5.74, 6) is -4.35. The average molecular weight is 378 g/mol. The van der Waals surface area contributed by atoms with Gasteiger partial charge in [-0.2, -0.15) is 0 Å². The van der Waals surface area contributed by atoms with E-state index >= 15 is 0 Å². The molecule has 4 N–H and O–H groups in total. The second-order valence-corrected chi connectivity index (χ2v) is 5.46. The van der Waals surface area contributed by atoms with Gasteiger partial charge in [0.15, 0.2) is 0 Å². The molecule has 0 bridgehead atoms. The lowest BCUT2D eigenvalue weighted by molar-refractivity contribution is -0.147. The minimum Gasteiger partial charge on any atom is -0.480 e. The van der Waals surface area contributed by atoms with E-state index in [4.69, 9.17) is 25.2 Å². The van der Waals surface area contributed by atoms with E-state index in [1.807, 2.05) is 0 Å². The van der Waals surface area contributed by atoms with Gasteiger partial charge < -0.3 is 25.2 Å².